The van der Waals surface area contributed by atoms with Crippen LogP contribution in [0.15, 0.2) is 42.5 Å². The molecule has 1 heterocycles. The second-order valence-electron chi connectivity index (χ2n) is 7.07. The predicted molar refractivity (Wildman–Crippen MR) is 102 cm³/mol. The lowest BCUT2D eigenvalue weighted by Gasteiger charge is -2.30. The minimum absolute atomic E-state index is 0.0415. The average Bonchev–Trinajstić information content (AvgIpc) is 2.70. The maximum atomic E-state index is 13.6. The van der Waals surface area contributed by atoms with Crippen molar-refractivity contribution in [2.75, 3.05) is 25.0 Å². The standard InChI is InChI=1S/C21H22F3N3O2/c22-16-3-1-14(2-4-16)12-25-21(29)15-7-9-27(10-8-15)13-20(28)26-19-11-17(23)5-6-18(19)24/h1-6,11,15H,7-10,12-13H2,(H,25,29)(H,26,28). The van der Waals surface area contributed by atoms with Gasteiger partial charge in [-0.05, 0) is 55.8 Å². The van der Waals surface area contributed by atoms with Crippen LogP contribution in [0.25, 0.3) is 0 Å². The Balaban J connectivity index is 1.41. The molecule has 0 spiro atoms. The van der Waals surface area contributed by atoms with E-state index in [1.165, 1.54) is 12.1 Å². The van der Waals surface area contributed by atoms with Gasteiger partial charge in [-0.15, -0.1) is 0 Å². The Kier molecular flexibility index (Phi) is 6.87. The van der Waals surface area contributed by atoms with Crippen molar-refractivity contribution in [3.05, 3.63) is 65.5 Å². The van der Waals surface area contributed by atoms with Gasteiger partial charge in [0.05, 0.1) is 12.2 Å². The summed E-state index contributed by atoms with van der Waals surface area (Å²) in [4.78, 5) is 26.3. The number of hydrogen-bond donors (Lipinski definition) is 2. The summed E-state index contributed by atoms with van der Waals surface area (Å²) in [5.41, 5.74) is 0.628. The van der Waals surface area contributed by atoms with E-state index in [1.54, 1.807) is 12.1 Å². The molecule has 1 fully saturated rings. The van der Waals surface area contributed by atoms with Crippen molar-refractivity contribution < 1.29 is 22.8 Å². The molecule has 0 saturated carbocycles. The van der Waals surface area contributed by atoms with Gasteiger partial charge in [0.2, 0.25) is 11.8 Å². The van der Waals surface area contributed by atoms with Crippen LogP contribution in [0.4, 0.5) is 18.9 Å². The van der Waals surface area contributed by atoms with Gasteiger partial charge in [0.15, 0.2) is 0 Å². The third-order valence-corrected chi connectivity index (χ3v) is 4.91. The van der Waals surface area contributed by atoms with Crippen molar-refractivity contribution in [2.45, 2.75) is 19.4 Å². The first-order valence-corrected chi connectivity index (χ1v) is 9.40. The summed E-state index contributed by atoms with van der Waals surface area (Å²) >= 11 is 0. The van der Waals surface area contributed by atoms with Gasteiger partial charge in [-0.1, -0.05) is 12.1 Å². The number of carbonyl (C=O) groups excluding carboxylic acids is 2. The van der Waals surface area contributed by atoms with Gasteiger partial charge in [0.25, 0.3) is 0 Å². The van der Waals surface area contributed by atoms with Crippen molar-refractivity contribution in [1.29, 1.82) is 0 Å². The summed E-state index contributed by atoms with van der Waals surface area (Å²) in [6.07, 6.45) is 1.19. The zero-order chi connectivity index (χ0) is 20.8. The molecule has 0 atom stereocenters. The molecule has 3 rings (SSSR count). The summed E-state index contributed by atoms with van der Waals surface area (Å²) in [6.45, 7) is 1.47. The topological polar surface area (TPSA) is 61.4 Å². The Morgan fingerprint density at radius 3 is 2.31 bits per heavy atom. The predicted octanol–water partition coefficient (Wildman–Crippen LogP) is 3.07. The van der Waals surface area contributed by atoms with Crippen LogP contribution >= 0.6 is 0 Å². The van der Waals surface area contributed by atoms with Crippen LogP contribution in [-0.2, 0) is 16.1 Å². The number of nitrogens with zero attached hydrogens (tertiary/aromatic N) is 1. The summed E-state index contributed by atoms with van der Waals surface area (Å²) in [6, 6.07) is 8.82. The van der Waals surface area contributed by atoms with Crippen LogP contribution in [0.3, 0.4) is 0 Å². The Hall–Kier alpha value is -2.87. The molecular formula is C21H22F3N3O2. The highest BCUT2D eigenvalue weighted by atomic mass is 19.1. The largest absolute Gasteiger partial charge is 0.352 e. The zero-order valence-corrected chi connectivity index (χ0v) is 15.8. The molecule has 1 saturated heterocycles. The van der Waals surface area contributed by atoms with Crippen molar-refractivity contribution in [3.63, 3.8) is 0 Å². The molecule has 0 radical (unpaired) electrons. The fraction of sp³-hybridized carbons (Fsp3) is 0.333. The molecule has 2 N–H and O–H groups in total. The lowest BCUT2D eigenvalue weighted by atomic mass is 9.96. The molecular weight excluding hydrogens is 383 g/mol. The minimum atomic E-state index is -0.698. The molecule has 2 aromatic rings. The van der Waals surface area contributed by atoms with E-state index in [1.807, 2.05) is 4.90 Å². The quantitative estimate of drug-likeness (QED) is 0.777. The first-order chi connectivity index (χ1) is 13.9. The Morgan fingerprint density at radius 1 is 0.966 bits per heavy atom. The van der Waals surface area contributed by atoms with Crippen molar-refractivity contribution in [2.24, 2.45) is 5.92 Å². The van der Waals surface area contributed by atoms with Crippen LogP contribution in [0.2, 0.25) is 0 Å². The van der Waals surface area contributed by atoms with Gasteiger partial charge in [-0.25, -0.2) is 13.2 Å². The number of rotatable bonds is 6. The number of halogens is 3. The van der Waals surface area contributed by atoms with E-state index in [0.29, 0.717) is 32.5 Å². The van der Waals surface area contributed by atoms with Crippen LogP contribution in [0.1, 0.15) is 18.4 Å². The number of benzene rings is 2. The smallest absolute Gasteiger partial charge is 0.238 e. The van der Waals surface area contributed by atoms with Gasteiger partial charge in [-0.2, -0.15) is 0 Å². The van der Waals surface area contributed by atoms with Gasteiger partial charge in [0, 0.05) is 18.5 Å². The first-order valence-electron chi connectivity index (χ1n) is 9.40. The second-order valence-corrected chi connectivity index (χ2v) is 7.07. The minimum Gasteiger partial charge on any atom is -0.352 e. The third-order valence-electron chi connectivity index (χ3n) is 4.91. The zero-order valence-electron chi connectivity index (χ0n) is 15.8. The molecule has 0 aliphatic carbocycles. The average molecular weight is 405 g/mol. The van der Waals surface area contributed by atoms with Crippen LogP contribution in [0, 0.1) is 23.4 Å². The number of anilines is 1. The van der Waals surface area contributed by atoms with E-state index in [9.17, 15) is 22.8 Å². The molecule has 0 unspecified atom stereocenters. The lowest BCUT2D eigenvalue weighted by molar-refractivity contribution is -0.126. The monoisotopic (exact) mass is 405 g/mol. The fourth-order valence-electron chi connectivity index (χ4n) is 3.28. The maximum Gasteiger partial charge on any atom is 0.238 e. The Morgan fingerprint density at radius 2 is 1.62 bits per heavy atom. The number of nitrogens with one attached hydrogen (secondary N) is 2. The van der Waals surface area contributed by atoms with E-state index in [0.717, 1.165) is 23.8 Å². The Bertz CT molecular complexity index is 866. The van der Waals surface area contributed by atoms with E-state index < -0.39 is 17.5 Å². The normalized spacial score (nSPS) is 15.1. The van der Waals surface area contributed by atoms with E-state index >= 15 is 0 Å². The summed E-state index contributed by atoms with van der Waals surface area (Å²) < 4.78 is 39.7. The molecule has 1 aliphatic rings. The summed E-state index contributed by atoms with van der Waals surface area (Å²) in [5.74, 6) is -2.31. The molecule has 2 amide bonds. The molecule has 8 heteroatoms. The molecule has 29 heavy (non-hydrogen) atoms. The number of likely N-dealkylation sites (tertiary alicyclic amines) is 1. The summed E-state index contributed by atoms with van der Waals surface area (Å²) in [7, 11) is 0. The number of carbonyl (C=O) groups is 2. The fourth-order valence-corrected chi connectivity index (χ4v) is 3.28. The second kappa shape index (κ2) is 9.56. The SMILES string of the molecule is O=C(CN1CCC(C(=O)NCc2ccc(F)cc2)CC1)Nc1cc(F)ccc1F. The molecule has 0 aromatic heterocycles. The molecule has 5 nitrogen and oxygen atoms in total. The Labute approximate surface area is 166 Å². The van der Waals surface area contributed by atoms with E-state index in [-0.39, 0.29) is 29.9 Å². The number of hydrogen-bond acceptors (Lipinski definition) is 3. The lowest BCUT2D eigenvalue weighted by Crippen LogP contribution is -2.43. The molecule has 0 bridgehead atoms. The van der Waals surface area contributed by atoms with Gasteiger partial charge < -0.3 is 10.6 Å². The van der Waals surface area contributed by atoms with E-state index in [2.05, 4.69) is 10.6 Å². The van der Waals surface area contributed by atoms with Crippen LogP contribution in [0.5, 0.6) is 0 Å². The van der Waals surface area contributed by atoms with E-state index in [4.69, 9.17) is 0 Å². The van der Waals surface area contributed by atoms with Crippen LogP contribution in [-0.4, -0.2) is 36.3 Å². The third kappa shape index (κ3) is 6.05. The van der Waals surface area contributed by atoms with Crippen molar-refractivity contribution >= 4 is 17.5 Å². The highest BCUT2D eigenvalue weighted by Gasteiger charge is 2.26. The molecule has 2 aromatic carbocycles. The maximum absolute atomic E-state index is 13.6. The van der Waals surface area contributed by atoms with Crippen molar-refractivity contribution in [1.82, 2.24) is 10.2 Å². The van der Waals surface area contributed by atoms with Gasteiger partial charge >= 0.3 is 0 Å². The number of amides is 2. The van der Waals surface area contributed by atoms with Crippen molar-refractivity contribution in [3.8, 4) is 0 Å². The molecule has 1 aliphatic heterocycles. The first kappa shape index (κ1) is 20.9. The number of piperidine rings is 1. The highest BCUT2D eigenvalue weighted by Crippen LogP contribution is 2.19. The summed E-state index contributed by atoms with van der Waals surface area (Å²) in [5, 5.41) is 5.22. The van der Waals surface area contributed by atoms with Gasteiger partial charge in [0.1, 0.15) is 17.5 Å². The van der Waals surface area contributed by atoms with Crippen LogP contribution < -0.4 is 10.6 Å². The highest BCUT2D eigenvalue weighted by molar-refractivity contribution is 5.92. The van der Waals surface area contributed by atoms with Gasteiger partial charge in [-0.3, -0.25) is 14.5 Å². The molecule has 154 valence electrons.